The van der Waals surface area contributed by atoms with Crippen LogP contribution >= 0.6 is 11.8 Å². The van der Waals surface area contributed by atoms with Crippen molar-refractivity contribution in [1.29, 1.82) is 0 Å². The van der Waals surface area contributed by atoms with Crippen molar-refractivity contribution in [2.45, 2.75) is 0 Å². The SMILES string of the molecule is Nc1ccccc1N=CSCCOCCN1CCOCC1. The molecule has 116 valence electrons. The molecule has 6 heteroatoms. The number of ether oxygens (including phenoxy) is 2. The monoisotopic (exact) mass is 309 g/mol. The summed E-state index contributed by atoms with van der Waals surface area (Å²) >= 11 is 1.64. The van der Waals surface area contributed by atoms with Crippen molar-refractivity contribution in [3.8, 4) is 0 Å². The highest BCUT2D eigenvalue weighted by Gasteiger charge is 2.08. The van der Waals surface area contributed by atoms with Crippen molar-refractivity contribution in [2.24, 2.45) is 4.99 Å². The Morgan fingerprint density at radius 1 is 1.29 bits per heavy atom. The standard InChI is InChI=1S/C15H23N3O2S/c16-14-3-1-2-4-15(14)17-13-21-12-11-20-10-7-18-5-8-19-9-6-18/h1-4,13H,5-12,16H2. The van der Waals surface area contributed by atoms with Crippen molar-refractivity contribution < 1.29 is 9.47 Å². The maximum atomic E-state index is 5.81. The fraction of sp³-hybridized carbons (Fsp3) is 0.533. The van der Waals surface area contributed by atoms with Crippen LogP contribution in [-0.2, 0) is 9.47 Å². The fourth-order valence-electron chi connectivity index (χ4n) is 1.98. The summed E-state index contributed by atoms with van der Waals surface area (Å²) in [6.07, 6.45) is 0. The van der Waals surface area contributed by atoms with E-state index in [0.717, 1.165) is 57.5 Å². The molecular weight excluding hydrogens is 286 g/mol. The number of morpholine rings is 1. The molecule has 0 atom stereocenters. The van der Waals surface area contributed by atoms with E-state index in [9.17, 15) is 0 Å². The van der Waals surface area contributed by atoms with Gasteiger partial charge in [-0.1, -0.05) is 12.1 Å². The normalized spacial score (nSPS) is 16.6. The van der Waals surface area contributed by atoms with E-state index in [-0.39, 0.29) is 0 Å². The molecule has 0 saturated carbocycles. The average molecular weight is 309 g/mol. The lowest BCUT2D eigenvalue weighted by Gasteiger charge is -2.26. The first kappa shape index (κ1) is 16.3. The summed E-state index contributed by atoms with van der Waals surface area (Å²) < 4.78 is 10.9. The number of benzene rings is 1. The molecule has 0 amide bonds. The molecule has 21 heavy (non-hydrogen) atoms. The molecule has 1 saturated heterocycles. The third kappa shape index (κ3) is 6.48. The van der Waals surface area contributed by atoms with E-state index < -0.39 is 0 Å². The van der Waals surface area contributed by atoms with Crippen LogP contribution in [0, 0.1) is 0 Å². The molecule has 1 aliphatic rings. The molecule has 0 spiro atoms. The van der Waals surface area contributed by atoms with Crippen LogP contribution in [0.5, 0.6) is 0 Å². The molecular formula is C15H23N3O2S. The van der Waals surface area contributed by atoms with E-state index in [2.05, 4.69) is 9.89 Å². The van der Waals surface area contributed by atoms with Gasteiger partial charge in [0.2, 0.25) is 0 Å². The van der Waals surface area contributed by atoms with E-state index in [1.54, 1.807) is 11.8 Å². The predicted octanol–water partition coefficient (Wildman–Crippen LogP) is 2.01. The Balaban J connectivity index is 1.49. The molecule has 1 heterocycles. The average Bonchev–Trinajstić information content (AvgIpc) is 2.52. The fourth-order valence-corrected chi connectivity index (χ4v) is 2.49. The summed E-state index contributed by atoms with van der Waals surface area (Å²) in [6, 6.07) is 7.60. The van der Waals surface area contributed by atoms with Crippen molar-refractivity contribution in [3.63, 3.8) is 0 Å². The number of rotatable bonds is 8. The smallest absolute Gasteiger partial charge is 0.0865 e. The third-order valence-electron chi connectivity index (χ3n) is 3.20. The molecule has 5 nitrogen and oxygen atoms in total. The van der Waals surface area contributed by atoms with Gasteiger partial charge in [0.1, 0.15) is 0 Å². The quantitative estimate of drug-likeness (QED) is 0.344. The van der Waals surface area contributed by atoms with Crippen LogP contribution in [0.4, 0.5) is 11.4 Å². The number of aliphatic imine (C=N–C) groups is 1. The van der Waals surface area contributed by atoms with Crippen LogP contribution < -0.4 is 5.73 Å². The predicted molar refractivity (Wildman–Crippen MR) is 89.5 cm³/mol. The van der Waals surface area contributed by atoms with Gasteiger partial charge >= 0.3 is 0 Å². The molecule has 0 aliphatic carbocycles. The van der Waals surface area contributed by atoms with E-state index in [1.165, 1.54) is 0 Å². The second kappa shape index (κ2) is 9.78. The van der Waals surface area contributed by atoms with E-state index in [4.69, 9.17) is 15.2 Å². The number of nitrogens with zero attached hydrogens (tertiary/aromatic N) is 2. The maximum Gasteiger partial charge on any atom is 0.0865 e. The summed E-state index contributed by atoms with van der Waals surface area (Å²) in [4.78, 5) is 6.70. The molecule has 2 N–H and O–H groups in total. The Labute approximate surface area is 130 Å². The topological polar surface area (TPSA) is 60.1 Å². The zero-order valence-corrected chi connectivity index (χ0v) is 13.1. The van der Waals surface area contributed by atoms with Gasteiger partial charge in [-0.3, -0.25) is 4.90 Å². The minimum absolute atomic E-state index is 0.705. The molecule has 1 aliphatic heterocycles. The van der Waals surface area contributed by atoms with E-state index in [0.29, 0.717) is 5.69 Å². The minimum Gasteiger partial charge on any atom is -0.397 e. The van der Waals surface area contributed by atoms with E-state index >= 15 is 0 Å². The Bertz CT molecular complexity index is 437. The highest BCUT2D eigenvalue weighted by molar-refractivity contribution is 8.12. The van der Waals surface area contributed by atoms with Crippen LogP contribution in [-0.4, -0.2) is 62.3 Å². The lowest BCUT2D eigenvalue weighted by atomic mass is 10.3. The van der Waals surface area contributed by atoms with Crippen LogP contribution in [0.25, 0.3) is 0 Å². The van der Waals surface area contributed by atoms with Crippen LogP contribution in [0.1, 0.15) is 0 Å². The van der Waals surface area contributed by atoms with Gasteiger partial charge in [0.15, 0.2) is 0 Å². The molecule has 1 aromatic rings. The summed E-state index contributed by atoms with van der Waals surface area (Å²) in [5.74, 6) is 0.902. The number of para-hydroxylation sites is 2. The molecule has 0 unspecified atom stereocenters. The van der Waals surface area contributed by atoms with Crippen LogP contribution in [0.3, 0.4) is 0 Å². The Hall–Kier alpha value is -1.08. The highest BCUT2D eigenvalue weighted by Crippen LogP contribution is 2.20. The number of anilines is 1. The third-order valence-corrected chi connectivity index (χ3v) is 3.86. The van der Waals surface area contributed by atoms with Crippen LogP contribution in [0.2, 0.25) is 0 Å². The van der Waals surface area contributed by atoms with Gasteiger partial charge in [0, 0.05) is 25.4 Å². The maximum absolute atomic E-state index is 5.81. The highest BCUT2D eigenvalue weighted by atomic mass is 32.2. The van der Waals surface area contributed by atoms with Crippen molar-refractivity contribution in [2.75, 3.05) is 57.5 Å². The molecule has 1 aromatic carbocycles. The van der Waals surface area contributed by atoms with Crippen molar-refractivity contribution in [1.82, 2.24) is 4.90 Å². The Kier molecular flexibility index (Phi) is 7.59. The molecule has 0 radical (unpaired) electrons. The minimum atomic E-state index is 0.705. The number of nitrogens with two attached hydrogens (primary N) is 1. The number of hydrogen-bond acceptors (Lipinski definition) is 6. The molecule has 1 fully saturated rings. The summed E-state index contributed by atoms with van der Waals surface area (Å²) in [7, 11) is 0. The van der Waals surface area contributed by atoms with Gasteiger partial charge in [-0.2, -0.15) is 0 Å². The van der Waals surface area contributed by atoms with Gasteiger partial charge in [-0.15, -0.1) is 11.8 Å². The number of nitrogen functional groups attached to an aromatic ring is 1. The first-order chi connectivity index (χ1) is 10.4. The number of hydrogen-bond donors (Lipinski definition) is 1. The summed E-state index contributed by atoms with van der Waals surface area (Å²) in [6.45, 7) is 6.23. The number of thioether (sulfide) groups is 1. The summed E-state index contributed by atoms with van der Waals surface area (Å²) in [5, 5.41) is 0. The second-order valence-corrected chi connectivity index (χ2v) is 5.68. The lowest BCUT2D eigenvalue weighted by Crippen LogP contribution is -2.38. The lowest BCUT2D eigenvalue weighted by molar-refractivity contribution is 0.0222. The zero-order valence-electron chi connectivity index (χ0n) is 12.2. The second-order valence-electron chi connectivity index (χ2n) is 4.73. The van der Waals surface area contributed by atoms with Gasteiger partial charge in [-0.25, -0.2) is 4.99 Å². The first-order valence-corrected chi connectivity index (χ1v) is 8.27. The molecule has 0 aromatic heterocycles. The Morgan fingerprint density at radius 2 is 2.10 bits per heavy atom. The largest absolute Gasteiger partial charge is 0.397 e. The van der Waals surface area contributed by atoms with E-state index in [1.807, 2.05) is 29.8 Å². The summed E-state index contributed by atoms with van der Waals surface area (Å²) in [5.41, 5.74) is 9.16. The van der Waals surface area contributed by atoms with Gasteiger partial charge < -0.3 is 15.2 Å². The van der Waals surface area contributed by atoms with Crippen molar-refractivity contribution in [3.05, 3.63) is 24.3 Å². The van der Waals surface area contributed by atoms with Gasteiger partial charge in [-0.05, 0) is 12.1 Å². The molecule has 0 bridgehead atoms. The van der Waals surface area contributed by atoms with Gasteiger partial charge in [0.25, 0.3) is 0 Å². The van der Waals surface area contributed by atoms with Crippen LogP contribution in [0.15, 0.2) is 29.3 Å². The molecule has 2 rings (SSSR count). The zero-order chi connectivity index (χ0) is 14.8. The van der Waals surface area contributed by atoms with Gasteiger partial charge in [0.05, 0.1) is 43.3 Å². The van der Waals surface area contributed by atoms with Crippen molar-refractivity contribution >= 4 is 28.7 Å². The Morgan fingerprint density at radius 3 is 2.90 bits per heavy atom. The first-order valence-electron chi connectivity index (χ1n) is 7.23.